The summed E-state index contributed by atoms with van der Waals surface area (Å²) in [6, 6.07) is 8.48. The minimum Gasteiger partial charge on any atom is -0.375 e. The van der Waals surface area contributed by atoms with Crippen LogP contribution in [0, 0.1) is 0 Å². The summed E-state index contributed by atoms with van der Waals surface area (Å²) in [5.74, 6) is 0.341. The molecule has 2 aliphatic heterocycles. The highest BCUT2D eigenvalue weighted by Crippen LogP contribution is 2.37. The number of nitrogens with zero attached hydrogens (tertiary/aromatic N) is 4. The molecule has 168 valence electrons. The molecule has 10 heteroatoms. The summed E-state index contributed by atoms with van der Waals surface area (Å²) < 4.78 is 26.8. The Labute approximate surface area is 188 Å². The maximum absolute atomic E-state index is 13.4. The van der Waals surface area contributed by atoms with Gasteiger partial charge in [0.1, 0.15) is 15.8 Å². The normalized spacial score (nSPS) is 29.7. The number of anilines is 2. The van der Waals surface area contributed by atoms with Crippen LogP contribution in [0.25, 0.3) is 0 Å². The molecule has 0 amide bonds. The summed E-state index contributed by atoms with van der Waals surface area (Å²) in [4.78, 5) is 10.6. The molecule has 8 nitrogen and oxygen atoms in total. The first kappa shape index (κ1) is 22.4. The van der Waals surface area contributed by atoms with Crippen LogP contribution in [0.3, 0.4) is 0 Å². The predicted molar refractivity (Wildman–Crippen MR) is 119 cm³/mol. The van der Waals surface area contributed by atoms with Crippen LogP contribution in [0.4, 0.5) is 11.6 Å². The molecule has 1 atom stereocenters. The molecule has 2 aromatic rings. The molecule has 0 aliphatic carbocycles. The predicted octanol–water partition coefficient (Wildman–Crippen LogP) is 2.98. The van der Waals surface area contributed by atoms with Crippen molar-refractivity contribution in [3.8, 4) is 0 Å². The number of nitrogens with one attached hydrogen (secondary N) is 1. The quantitative estimate of drug-likeness (QED) is 0.516. The third-order valence-electron chi connectivity index (χ3n) is 6.67. The number of halogens is 1. The van der Waals surface area contributed by atoms with Gasteiger partial charge in [-0.25, -0.2) is 13.9 Å². The van der Waals surface area contributed by atoms with Gasteiger partial charge in [0.25, 0.3) is 0 Å². The summed E-state index contributed by atoms with van der Waals surface area (Å²) in [6.45, 7) is 3.75. The van der Waals surface area contributed by atoms with Crippen LogP contribution in [0.5, 0.6) is 0 Å². The first-order chi connectivity index (χ1) is 14.6. The van der Waals surface area contributed by atoms with Crippen LogP contribution >= 0.6 is 11.6 Å². The number of aromatic nitrogens is 2. The minimum absolute atomic E-state index is 0.109. The fourth-order valence-electron chi connectivity index (χ4n) is 4.64. The van der Waals surface area contributed by atoms with E-state index in [1.165, 1.54) is 0 Å². The Morgan fingerprint density at radius 3 is 2.48 bits per heavy atom. The Hall–Kier alpha value is -1.78. The van der Waals surface area contributed by atoms with E-state index in [0.717, 1.165) is 19.4 Å². The van der Waals surface area contributed by atoms with Crippen LogP contribution < -0.4 is 5.32 Å². The van der Waals surface area contributed by atoms with E-state index in [1.54, 1.807) is 43.6 Å². The Bertz CT molecular complexity index is 1040. The molecule has 2 saturated heterocycles. The van der Waals surface area contributed by atoms with Crippen molar-refractivity contribution in [3.05, 3.63) is 41.7 Å². The van der Waals surface area contributed by atoms with Crippen molar-refractivity contribution in [2.45, 2.75) is 49.3 Å². The van der Waals surface area contributed by atoms with E-state index in [1.807, 2.05) is 0 Å². The van der Waals surface area contributed by atoms with Gasteiger partial charge in [0.05, 0.1) is 20.1 Å². The Kier molecular flexibility index (Phi) is 5.99. The van der Waals surface area contributed by atoms with Crippen molar-refractivity contribution in [1.29, 1.82) is 0 Å². The number of benzene rings is 1. The number of rotatable bonds is 5. The number of hydrogen-bond donors (Lipinski definition) is 2. The lowest BCUT2D eigenvalue weighted by Gasteiger charge is -2.47. The summed E-state index contributed by atoms with van der Waals surface area (Å²) >= 11 is 5.87. The maximum Gasteiger partial charge on any atom is 0.327 e. The summed E-state index contributed by atoms with van der Waals surface area (Å²) in [6.07, 6.45) is 4.58. The molecule has 31 heavy (non-hydrogen) atoms. The molecule has 1 unspecified atom stereocenters. The van der Waals surface area contributed by atoms with Gasteiger partial charge in [-0.05, 0) is 50.1 Å². The van der Waals surface area contributed by atoms with Crippen LogP contribution in [0.2, 0.25) is 5.15 Å². The van der Waals surface area contributed by atoms with Crippen molar-refractivity contribution in [1.82, 2.24) is 14.9 Å². The highest BCUT2D eigenvalue weighted by atomic mass is 35.5. The molecule has 2 N–H and O–H groups in total. The van der Waals surface area contributed by atoms with Gasteiger partial charge < -0.3 is 10.4 Å². The first-order valence-corrected chi connectivity index (χ1v) is 12.4. The molecule has 2 fully saturated rings. The largest absolute Gasteiger partial charge is 0.375 e. The second kappa shape index (κ2) is 8.29. The lowest BCUT2D eigenvalue weighted by molar-refractivity contribution is -0.795. The zero-order valence-corrected chi connectivity index (χ0v) is 19.4. The van der Waals surface area contributed by atoms with E-state index in [9.17, 15) is 13.5 Å². The number of hydrogen-bond acceptors (Lipinski definition) is 7. The van der Waals surface area contributed by atoms with Gasteiger partial charge in [0, 0.05) is 37.3 Å². The van der Waals surface area contributed by atoms with Crippen molar-refractivity contribution in [2.24, 2.45) is 0 Å². The Morgan fingerprint density at radius 2 is 1.90 bits per heavy atom. The van der Waals surface area contributed by atoms with Crippen LogP contribution in [-0.2, 0) is 10.0 Å². The monoisotopic (exact) mass is 466 g/mol. The maximum atomic E-state index is 13.4. The SMILES string of the molecule is CC1CCCN1C1(O)CC[N+](C)(S(=O)(=O)c2ccc(Nc3nccc(Cl)n3)cc2)CC1. The van der Waals surface area contributed by atoms with Crippen LogP contribution in [0.15, 0.2) is 41.4 Å². The van der Waals surface area contributed by atoms with Gasteiger partial charge in [0.2, 0.25) is 5.95 Å². The third-order valence-corrected chi connectivity index (χ3v) is 9.27. The standard InChI is InChI=1S/C21H29ClN5O3S/c1-16-4-3-13-26(16)21(28)10-14-27(2,15-11-21)31(29,30)18-7-5-17(6-8-18)24-20-23-12-9-19(22)25-20/h5-9,12,16,28H,3-4,10-11,13-15H2,1-2H3,(H,23,24,25)/q+1. The zero-order chi connectivity index (χ0) is 22.3. The molecule has 4 rings (SSSR count). The van der Waals surface area contributed by atoms with Gasteiger partial charge in [0.15, 0.2) is 0 Å². The van der Waals surface area contributed by atoms with E-state index in [-0.39, 0.29) is 8.78 Å². The Balaban J connectivity index is 1.48. The molecule has 1 aromatic heterocycles. The van der Waals surface area contributed by atoms with Crippen molar-refractivity contribution >= 4 is 33.3 Å². The van der Waals surface area contributed by atoms with E-state index >= 15 is 0 Å². The Morgan fingerprint density at radius 1 is 1.23 bits per heavy atom. The molecule has 0 saturated carbocycles. The van der Waals surface area contributed by atoms with Gasteiger partial charge in [-0.3, -0.25) is 4.90 Å². The number of aliphatic hydroxyl groups is 1. The van der Waals surface area contributed by atoms with Gasteiger partial charge in [-0.2, -0.15) is 8.42 Å². The first-order valence-electron chi connectivity index (χ1n) is 10.6. The fraction of sp³-hybridized carbons (Fsp3) is 0.524. The second-order valence-corrected chi connectivity index (χ2v) is 11.4. The van der Waals surface area contributed by atoms with Crippen molar-refractivity contribution in [2.75, 3.05) is 32.0 Å². The number of likely N-dealkylation sites (tertiary alicyclic amines) is 2. The topological polar surface area (TPSA) is 95.4 Å². The number of piperidine rings is 1. The average Bonchev–Trinajstić information content (AvgIpc) is 3.18. The minimum atomic E-state index is -3.62. The van der Waals surface area contributed by atoms with Crippen LogP contribution in [0.1, 0.15) is 32.6 Å². The van der Waals surface area contributed by atoms with Crippen molar-refractivity contribution < 1.29 is 17.4 Å². The number of quaternary nitrogens is 1. The molecule has 3 heterocycles. The molecular weight excluding hydrogens is 438 g/mol. The summed E-state index contributed by atoms with van der Waals surface area (Å²) in [5, 5.41) is 14.5. The lowest BCUT2D eigenvalue weighted by Crippen LogP contribution is -2.63. The fourth-order valence-corrected chi connectivity index (χ4v) is 6.43. The highest BCUT2D eigenvalue weighted by Gasteiger charge is 2.50. The smallest absolute Gasteiger partial charge is 0.327 e. The molecule has 0 spiro atoms. The molecule has 1 aromatic carbocycles. The third kappa shape index (κ3) is 4.29. The summed E-state index contributed by atoms with van der Waals surface area (Å²) in [7, 11) is -1.87. The average molecular weight is 467 g/mol. The van der Waals surface area contributed by atoms with Gasteiger partial charge >= 0.3 is 10.0 Å². The molecular formula is C21H29ClN5O3S+. The van der Waals surface area contributed by atoms with Crippen LogP contribution in [-0.4, -0.2) is 70.7 Å². The lowest BCUT2D eigenvalue weighted by atomic mass is 9.98. The second-order valence-electron chi connectivity index (χ2n) is 8.74. The van der Waals surface area contributed by atoms with E-state index < -0.39 is 15.7 Å². The summed E-state index contributed by atoms with van der Waals surface area (Å²) in [5.41, 5.74) is -0.242. The number of sulfonamides is 1. The molecule has 2 aliphatic rings. The van der Waals surface area contributed by atoms with Crippen molar-refractivity contribution in [3.63, 3.8) is 0 Å². The van der Waals surface area contributed by atoms with E-state index in [2.05, 4.69) is 27.1 Å². The highest BCUT2D eigenvalue weighted by molar-refractivity contribution is 7.86. The zero-order valence-electron chi connectivity index (χ0n) is 17.8. The molecule has 0 radical (unpaired) electrons. The van der Waals surface area contributed by atoms with E-state index in [4.69, 9.17) is 11.6 Å². The van der Waals surface area contributed by atoms with Gasteiger partial charge in [-0.15, -0.1) is 0 Å². The van der Waals surface area contributed by atoms with Gasteiger partial charge in [-0.1, -0.05) is 11.6 Å². The molecule has 0 bridgehead atoms. The van der Waals surface area contributed by atoms with E-state index in [0.29, 0.717) is 48.8 Å².